The van der Waals surface area contributed by atoms with Crippen LogP contribution in [-0.4, -0.2) is 58.3 Å². The summed E-state index contributed by atoms with van der Waals surface area (Å²) in [5.74, 6) is -0.00751. The zero-order valence-electron chi connectivity index (χ0n) is 16.6. The number of halogens is 2. The molecule has 1 aromatic rings. The molecule has 0 aromatic carbocycles. The molecule has 0 spiro atoms. The maximum Gasteiger partial charge on any atom is 0.410 e. The Hall–Kier alpha value is -1.80. The number of hydrogen-bond acceptors (Lipinski definition) is 7. The van der Waals surface area contributed by atoms with Crippen molar-refractivity contribution in [2.75, 3.05) is 25.0 Å². The van der Waals surface area contributed by atoms with Gasteiger partial charge in [-0.3, -0.25) is 4.79 Å². The zero-order chi connectivity index (χ0) is 20.9. The topological polar surface area (TPSA) is 93.6 Å². The van der Waals surface area contributed by atoms with Crippen LogP contribution in [0, 0.1) is 0 Å². The summed E-state index contributed by atoms with van der Waals surface area (Å²) in [5.41, 5.74) is -0.0816. The Morgan fingerprint density at radius 1 is 1.21 bits per heavy atom. The lowest BCUT2D eigenvalue weighted by molar-refractivity contribution is -0.142. The Balaban J connectivity index is 2.02. The van der Waals surface area contributed by atoms with E-state index in [2.05, 4.69) is 15.3 Å². The van der Waals surface area contributed by atoms with Crippen molar-refractivity contribution >= 4 is 41.1 Å². The molecule has 156 valence electrons. The van der Waals surface area contributed by atoms with E-state index in [-0.39, 0.29) is 35.6 Å². The maximum atomic E-state index is 12.2. The van der Waals surface area contributed by atoms with E-state index < -0.39 is 11.6 Å². The summed E-state index contributed by atoms with van der Waals surface area (Å²) in [6.07, 6.45) is 1.01. The van der Waals surface area contributed by atoms with Gasteiger partial charge in [-0.25, -0.2) is 14.8 Å². The molecular formula is C18H26Cl2N4O4. The zero-order valence-corrected chi connectivity index (χ0v) is 18.1. The van der Waals surface area contributed by atoms with E-state index in [1.807, 2.05) is 20.8 Å². The highest BCUT2D eigenvalue weighted by atomic mass is 35.5. The van der Waals surface area contributed by atoms with Crippen molar-refractivity contribution in [3.63, 3.8) is 0 Å². The smallest absolute Gasteiger partial charge is 0.410 e. The number of carbonyl (C=O) groups is 2. The predicted molar refractivity (Wildman–Crippen MR) is 107 cm³/mol. The fourth-order valence-electron chi connectivity index (χ4n) is 2.79. The van der Waals surface area contributed by atoms with Gasteiger partial charge in [-0.2, -0.15) is 0 Å². The van der Waals surface area contributed by atoms with E-state index in [0.29, 0.717) is 37.3 Å². The molecule has 1 N–H and O–H groups in total. The van der Waals surface area contributed by atoms with E-state index in [0.717, 1.165) is 0 Å². The summed E-state index contributed by atoms with van der Waals surface area (Å²) in [4.78, 5) is 33.8. The first kappa shape index (κ1) is 22.5. The number of nitrogens with zero attached hydrogens (tertiary/aromatic N) is 3. The minimum absolute atomic E-state index is 0.00806. The first-order valence-corrected chi connectivity index (χ1v) is 9.96. The Labute approximate surface area is 174 Å². The minimum atomic E-state index is -0.525. The lowest BCUT2D eigenvalue weighted by Crippen LogP contribution is -2.44. The minimum Gasteiger partial charge on any atom is -0.466 e. The summed E-state index contributed by atoms with van der Waals surface area (Å²) < 4.78 is 10.4. The molecule has 28 heavy (non-hydrogen) atoms. The van der Waals surface area contributed by atoms with Gasteiger partial charge in [-0.15, -0.1) is 0 Å². The maximum absolute atomic E-state index is 12.2. The summed E-state index contributed by atoms with van der Waals surface area (Å²) in [6.45, 7) is 8.62. The van der Waals surface area contributed by atoms with Crippen molar-refractivity contribution in [2.45, 2.75) is 58.6 Å². The molecular weight excluding hydrogens is 407 g/mol. The van der Waals surface area contributed by atoms with Crippen molar-refractivity contribution in [1.29, 1.82) is 0 Å². The summed E-state index contributed by atoms with van der Waals surface area (Å²) in [5, 5.41) is 3.38. The molecule has 0 radical (unpaired) electrons. The van der Waals surface area contributed by atoms with Crippen LogP contribution in [0.2, 0.25) is 10.4 Å². The predicted octanol–water partition coefficient (Wildman–Crippen LogP) is 3.70. The quantitative estimate of drug-likeness (QED) is 0.430. The van der Waals surface area contributed by atoms with Crippen molar-refractivity contribution in [3.05, 3.63) is 16.0 Å². The van der Waals surface area contributed by atoms with Crippen LogP contribution in [0.1, 0.15) is 46.1 Å². The fourth-order valence-corrected chi connectivity index (χ4v) is 3.24. The first-order valence-electron chi connectivity index (χ1n) is 9.21. The van der Waals surface area contributed by atoms with Crippen LogP contribution in [0.15, 0.2) is 0 Å². The average Bonchev–Trinajstić information content (AvgIpc) is 2.57. The molecule has 0 saturated carbocycles. The Morgan fingerprint density at radius 2 is 1.86 bits per heavy atom. The van der Waals surface area contributed by atoms with Crippen LogP contribution in [-0.2, 0) is 20.7 Å². The van der Waals surface area contributed by atoms with Crippen LogP contribution in [0.3, 0.4) is 0 Å². The van der Waals surface area contributed by atoms with Gasteiger partial charge < -0.3 is 19.7 Å². The second-order valence-corrected chi connectivity index (χ2v) is 8.17. The number of nitrogens with one attached hydrogen (secondary N) is 1. The molecule has 0 atom stereocenters. The highest BCUT2D eigenvalue weighted by molar-refractivity contribution is 6.32. The van der Waals surface area contributed by atoms with Gasteiger partial charge in [-0.05, 0) is 52.1 Å². The molecule has 8 nitrogen and oxygen atoms in total. The molecule has 0 unspecified atom stereocenters. The fraction of sp³-hybridized carbons (Fsp3) is 0.667. The molecule has 0 bridgehead atoms. The molecule has 2 rings (SSSR count). The van der Waals surface area contributed by atoms with Gasteiger partial charge in [0.25, 0.3) is 0 Å². The van der Waals surface area contributed by atoms with Crippen LogP contribution in [0.4, 0.5) is 10.6 Å². The van der Waals surface area contributed by atoms with Gasteiger partial charge >= 0.3 is 12.1 Å². The SMILES string of the molecule is CCOC(=O)Cc1c(Cl)nc(Cl)nc1NC1CCN(C(=O)OC(C)(C)C)CC1. The second kappa shape index (κ2) is 9.60. The Kier molecular flexibility index (Phi) is 7.71. The van der Waals surface area contributed by atoms with Crippen molar-refractivity contribution < 1.29 is 19.1 Å². The van der Waals surface area contributed by atoms with Gasteiger partial charge in [0, 0.05) is 24.7 Å². The largest absolute Gasteiger partial charge is 0.466 e. The second-order valence-electron chi connectivity index (χ2n) is 7.48. The van der Waals surface area contributed by atoms with Gasteiger partial charge in [-0.1, -0.05) is 11.6 Å². The van der Waals surface area contributed by atoms with E-state index in [1.54, 1.807) is 11.8 Å². The Morgan fingerprint density at radius 3 is 2.43 bits per heavy atom. The molecule has 1 amide bonds. The third kappa shape index (κ3) is 6.67. The van der Waals surface area contributed by atoms with E-state index >= 15 is 0 Å². The van der Waals surface area contributed by atoms with Crippen LogP contribution >= 0.6 is 23.2 Å². The van der Waals surface area contributed by atoms with E-state index in [9.17, 15) is 9.59 Å². The van der Waals surface area contributed by atoms with Crippen molar-refractivity contribution in [2.24, 2.45) is 0 Å². The van der Waals surface area contributed by atoms with Gasteiger partial charge in [0.2, 0.25) is 5.28 Å². The summed E-state index contributed by atoms with van der Waals surface area (Å²) >= 11 is 12.1. The van der Waals surface area contributed by atoms with Crippen molar-refractivity contribution in [3.8, 4) is 0 Å². The third-order valence-electron chi connectivity index (χ3n) is 4.04. The highest BCUT2D eigenvalue weighted by Crippen LogP contribution is 2.26. The van der Waals surface area contributed by atoms with Crippen molar-refractivity contribution in [1.82, 2.24) is 14.9 Å². The number of anilines is 1. The molecule has 1 fully saturated rings. The molecule has 1 aromatic heterocycles. The Bertz CT molecular complexity index is 716. The van der Waals surface area contributed by atoms with E-state index in [4.69, 9.17) is 32.7 Å². The van der Waals surface area contributed by atoms with Gasteiger partial charge in [0.05, 0.1) is 13.0 Å². The monoisotopic (exact) mass is 432 g/mol. The highest BCUT2D eigenvalue weighted by Gasteiger charge is 2.28. The standard InChI is InChI=1S/C18H26Cl2N4O4/c1-5-27-13(25)10-12-14(19)22-16(20)23-15(12)21-11-6-8-24(9-7-11)17(26)28-18(2,3)4/h11H,5-10H2,1-4H3,(H,21,22,23). The van der Waals surface area contributed by atoms with Crippen LogP contribution in [0.25, 0.3) is 0 Å². The van der Waals surface area contributed by atoms with Gasteiger partial charge in [0.1, 0.15) is 16.6 Å². The number of carbonyl (C=O) groups excluding carboxylic acids is 2. The molecule has 10 heteroatoms. The van der Waals surface area contributed by atoms with E-state index in [1.165, 1.54) is 0 Å². The first-order chi connectivity index (χ1) is 13.1. The lowest BCUT2D eigenvalue weighted by Gasteiger charge is -2.34. The number of hydrogen-bond donors (Lipinski definition) is 1. The lowest BCUT2D eigenvalue weighted by atomic mass is 10.0. The number of aromatic nitrogens is 2. The molecule has 1 saturated heterocycles. The number of amides is 1. The summed E-state index contributed by atoms with van der Waals surface area (Å²) in [6, 6.07) is 0.0432. The normalized spacial score (nSPS) is 15.3. The molecule has 2 heterocycles. The number of esters is 1. The number of rotatable bonds is 5. The van der Waals surface area contributed by atoms with Crippen LogP contribution in [0.5, 0.6) is 0 Å². The summed E-state index contributed by atoms with van der Waals surface area (Å²) in [7, 11) is 0. The van der Waals surface area contributed by atoms with Crippen LogP contribution < -0.4 is 5.32 Å². The molecule has 0 aliphatic carbocycles. The number of ether oxygens (including phenoxy) is 2. The third-order valence-corrected chi connectivity index (χ3v) is 4.52. The molecule has 1 aliphatic heterocycles. The molecule has 1 aliphatic rings. The van der Waals surface area contributed by atoms with Gasteiger partial charge in [0.15, 0.2) is 0 Å². The number of piperidine rings is 1. The average molecular weight is 433 g/mol. The number of likely N-dealkylation sites (tertiary alicyclic amines) is 1.